The molecule has 10 heteroatoms. The summed E-state index contributed by atoms with van der Waals surface area (Å²) in [6, 6.07) is 19.2. The van der Waals surface area contributed by atoms with E-state index in [0.29, 0.717) is 48.5 Å². The van der Waals surface area contributed by atoms with E-state index in [1.54, 1.807) is 0 Å². The van der Waals surface area contributed by atoms with Gasteiger partial charge in [0.05, 0.1) is 60.6 Å². The molecule has 0 amide bonds. The third-order valence-corrected chi connectivity index (χ3v) is 7.08. The molecule has 0 radical (unpaired) electrons. The molecule has 0 heterocycles. The van der Waals surface area contributed by atoms with Gasteiger partial charge in [-0.05, 0) is 60.7 Å². The minimum absolute atomic E-state index is 0.658. The Morgan fingerprint density at radius 2 is 0.595 bits per heavy atom. The van der Waals surface area contributed by atoms with E-state index in [4.69, 9.17) is 0 Å². The molecule has 216 valence electrons. The van der Waals surface area contributed by atoms with Gasteiger partial charge in [0.25, 0.3) is 0 Å². The van der Waals surface area contributed by atoms with Crippen molar-refractivity contribution in [3.8, 4) is 0 Å². The second-order valence-electron chi connectivity index (χ2n) is 9.77. The number of rotatable bonds is 5. The van der Waals surface area contributed by atoms with Crippen molar-refractivity contribution < 1.29 is 40.0 Å². The van der Waals surface area contributed by atoms with Crippen LogP contribution in [0.25, 0.3) is 0 Å². The summed E-state index contributed by atoms with van der Waals surface area (Å²) in [5, 5.41) is 0. The molecule has 0 aliphatic heterocycles. The summed E-state index contributed by atoms with van der Waals surface area (Å²) in [5.41, 5.74) is -3.86. The highest BCUT2D eigenvalue weighted by Crippen LogP contribution is 2.21. The number of quaternary nitrogens is 1. The molecule has 0 fully saturated rings. The number of nitrogens with one attached hydrogen (secondary N) is 1. The van der Waals surface area contributed by atoms with Crippen LogP contribution >= 0.6 is 0 Å². The van der Waals surface area contributed by atoms with Crippen molar-refractivity contribution in [2.24, 2.45) is 0 Å². The molecule has 0 atom stereocenters. The van der Waals surface area contributed by atoms with Crippen molar-refractivity contribution in [2.45, 2.75) is 0 Å². The van der Waals surface area contributed by atoms with Crippen LogP contribution in [-0.4, -0.2) is 20.2 Å². The zero-order valence-corrected chi connectivity index (χ0v) is 22.4. The zero-order chi connectivity index (χ0) is 30.6. The Hall–Kier alpha value is -4.44. The average molecular weight is 585 g/mol. The summed E-state index contributed by atoms with van der Waals surface area (Å²) in [6.07, 6.45) is -4.42. The summed E-state index contributed by atoms with van der Waals surface area (Å²) in [5.74, 6) is -12.1. The van der Waals surface area contributed by atoms with E-state index in [2.05, 4.69) is 38.4 Å². The average Bonchev–Trinajstić information content (AvgIpc) is 2.93. The third-order valence-electron chi connectivity index (χ3n) is 7.08. The predicted octanol–water partition coefficient (Wildman–Crippen LogP) is 4.64. The van der Waals surface area contributed by atoms with E-state index in [1.165, 1.54) is 10.6 Å². The second kappa shape index (κ2) is 12.6. The zero-order valence-electron chi connectivity index (χ0n) is 22.4. The highest BCUT2D eigenvalue weighted by molar-refractivity contribution is 7.20. The molecule has 0 aliphatic rings. The Labute approximate surface area is 237 Å². The third kappa shape index (κ3) is 5.54. The predicted molar refractivity (Wildman–Crippen MR) is 149 cm³/mol. The molecule has 1 nitrogen and oxygen atoms in total. The maximum Gasteiger partial charge on any atom is 0.136 e. The van der Waals surface area contributed by atoms with Crippen LogP contribution in [0.3, 0.4) is 0 Å². The molecule has 1 N–H and O–H groups in total. The Morgan fingerprint density at radius 1 is 0.357 bits per heavy atom. The van der Waals surface area contributed by atoms with Gasteiger partial charge in [-0.25, -0.2) is 35.1 Å². The first-order chi connectivity index (χ1) is 20.0. The highest BCUT2D eigenvalue weighted by Gasteiger charge is 2.45. The van der Waals surface area contributed by atoms with Gasteiger partial charge in [0, 0.05) is 0 Å². The van der Waals surface area contributed by atoms with Crippen molar-refractivity contribution >= 4 is 33.7 Å². The quantitative estimate of drug-likeness (QED) is 0.227. The number of hydrogen-bond donors (Lipinski definition) is 1. The molecule has 0 bridgehead atoms. The first-order valence-electron chi connectivity index (χ1n) is 12.8. The molecular weight excluding hydrogens is 561 g/mol. The van der Waals surface area contributed by atoms with Gasteiger partial charge in [0.2, 0.25) is 0 Å². The van der Waals surface area contributed by atoms with E-state index in [-0.39, 0.29) is 0 Å². The summed E-state index contributed by atoms with van der Waals surface area (Å²) >= 11 is 0. The van der Waals surface area contributed by atoms with Gasteiger partial charge in [-0.1, -0.05) is 42.5 Å². The Balaban J connectivity index is 0.000000385. The van der Waals surface area contributed by atoms with Crippen molar-refractivity contribution in [1.29, 1.82) is 0 Å². The summed E-state index contributed by atoms with van der Waals surface area (Å²) in [7, 11) is 4.24. The topological polar surface area (TPSA) is 4.44 Å². The van der Waals surface area contributed by atoms with Crippen molar-refractivity contribution in [3.63, 3.8) is 0 Å². The van der Waals surface area contributed by atoms with E-state index in [0.717, 1.165) is 24.3 Å². The number of halogens is 8. The first kappa shape index (κ1) is 30.5. The number of hydrogen-bond acceptors (Lipinski definition) is 0. The van der Waals surface area contributed by atoms with Crippen LogP contribution < -0.4 is 26.8 Å². The molecule has 42 heavy (non-hydrogen) atoms. The summed E-state index contributed by atoms with van der Waals surface area (Å²) in [6.45, 7) is 0. The Morgan fingerprint density at radius 3 is 0.786 bits per heavy atom. The van der Waals surface area contributed by atoms with Gasteiger partial charge in [-0.15, -0.1) is 21.9 Å². The Bertz CT molecular complexity index is 1420. The fourth-order valence-corrected chi connectivity index (χ4v) is 5.34. The maximum atomic E-state index is 15.2. The molecule has 0 aliphatic carbocycles. The van der Waals surface area contributed by atoms with Gasteiger partial charge < -0.3 is 4.90 Å². The van der Waals surface area contributed by atoms with Crippen molar-refractivity contribution in [2.75, 3.05) is 14.1 Å². The van der Waals surface area contributed by atoms with Crippen LogP contribution in [0.5, 0.6) is 0 Å². The number of benzene rings is 5. The van der Waals surface area contributed by atoms with Crippen molar-refractivity contribution in [3.05, 3.63) is 150 Å². The van der Waals surface area contributed by atoms with Crippen LogP contribution in [0.1, 0.15) is 0 Å². The molecule has 5 rings (SSSR count). The van der Waals surface area contributed by atoms with Crippen LogP contribution in [-0.2, 0) is 0 Å². The lowest BCUT2D eigenvalue weighted by Gasteiger charge is -2.44. The second-order valence-corrected chi connectivity index (χ2v) is 9.77. The van der Waals surface area contributed by atoms with E-state index in [9.17, 15) is 0 Å². The minimum Gasteiger partial charge on any atom is -0.307 e. The summed E-state index contributed by atoms with van der Waals surface area (Å²) < 4.78 is 122. The Kier molecular flexibility index (Phi) is 9.16. The fourth-order valence-electron chi connectivity index (χ4n) is 5.34. The number of para-hydroxylation sites is 1. The van der Waals surface area contributed by atoms with Gasteiger partial charge in [-0.3, -0.25) is 0 Å². The molecule has 0 unspecified atom stereocenters. The molecular formula is C32H24BF8N. The maximum absolute atomic E-state index is 15.2. The van der Waals surface area contributed by atoms with E-state index < -0.39 is 74.5 Å². The van der Waals surface area contributed by atoms with Crippen LogP contribution in [0, 0.1) is 46.5 Å². The SMILES string of the molecule is C[NH+](C)c1ccccc1.Fc1cccc(F)c1[B-](c1c(F)cccc1F)(c1c(F)cccc1F)c1c(F)cccc1F. The van der Waals surface area contributed by atoms with Gasteiger partial charge in [0.1, 0.15) is 11.8 Å². The molecule has 5 aromatic carbocycles. The van der Waals surface area contributed by atoms with Gasteiger partial charge >= 0.3 is 0 Å². The lowest BCUT2D eigenvalue weighted by Crippen LogP contribution is -3.00. The summed E-state index contributed by atoms with van der Waals surface area (Å²) in [4.78, 5) is 1.37. The molecule has 0 aromatic heterocycles. The highest BCUT2D eigenvalue weighted by atomic mass is 19.2. The lowest BCUT2D eigenvalue weighted by molar-refractivity contribution is -0.786. The van der Waals surface area contributed by atoms with Gasteiger partial charge in [-0.2, -0.15) is 0 Å². The molecule has 5 aromatic rings. The van der Waals surface area contributed by atoms with Crippen molar-refractivity contribution in [1.82, 2.24) is 0 Å². The lowest BCUT2D eigenvalue weighted by atomic mass is 9.12. The smallest absolute Gasteiger partial charge is 0.136 e. The largest absolute Gasteiger partial charge is 0.307 e. The molecule has 0 spiro atoms. The monoisotopic (exact) mass is 585 g/mol. The standard InChI is InChI=1S/C24H12BF8.C8H11N/c26-13-5-1-6-14(27)21(13)25(22-15(28)7-2-8-16(22)29,23-17(30)9-3-10-18(23)31)24-19(32)11-4-12-20(24)33;1-9(2)8-6-4-3-5-7-8/h1-12H;3-7H,1-2H3/q-1;/p+1. The van der Waals surface area contributed by atoms with E-state index in [1.807, 2.05) is 6.07 Å². The van der Waals surface area contributed by atoms with Crippen LogP contribution in [0.2, 0.25) is 0 Å². The van der Waals surface area contributed by atoms with Crippen LogP contribution in [0.15, 0.2) is 103 Å². The normalized spacial score (nSPS) is 11.3. The van der Waals surface area contributed by atoms with E-state index >= 15 is 35.1 Å². The molecule has 0 saturated carbocycles. The minimum atomic E-state index is -4.42. The van der Waals surface area contributed by atoms with Gasteiger partial charge in [0.15, 0.2) is 0 Å². The van der Waals surface area contributed by atoms with Crippen LogP contribution in [0.4, 0.5) is 40.8 Å². The fraction of sp³-hybridized carbons (Fsp3) is 0.0625. The molecule has 0 saturated heterocycles. The first-order valence-corrected chi connectivity index (χ1v) is 12.8.